The summed E-state index contributed by atoms with van der Waals surface area (Å²) in [5, 5.41) is 3.29. The molecule has 88 valence electrons. The van der Waals surface area contributed by atoms with Crippen molar-refractivity contribution in [3.63, 3.8) is 0 Å². The third-order valence-electron chi connectivity index (χ3n) is 2.51. The zero-order valence-electron chi connectivity index (χ0n) is 10.1. The van der Waals surface area contributed by atoms with Gasteiger partial charge in [-0.15, -0.1) is 6.58 Å². The smallest absolute Gasteiger partial charge is 0.207 e. The lowest BCUT2D eigenvalue weighted by Crippen LogP contribution is -2.03. The first-order chi connectivity index (χ1) is 8.20. The van der Waals surface area contributed by atoms with Crippen molar-refractivity contribution < 1.29 is 0 Å². The van der Waals surface area contributed by atoms with E-state index >= 15 is 0 Å². The van der Waals surface area contributed by atoms with E-state index in [9.17, 15) is 0 Å². The second-order valence-electron chi connectivity index (χ2n) is 3.96. The number of aromatic nitrogens is 3. The van der Waals surface area contributed by atoms with Gasteiger partial charge < -0.3 is 9.88 Å². The fraction of sp³-hybridized carbons (Fsp3) is 0.231. The molecule has 0 saturated carbocycles. The maximum absolute atomic E-state index is 4.44. The van der Waals surface area contributed by atoms with Gasteiger partial charge in [0.2, 0.25) is 5.95 Å². The maximum atomic E-state index is 4.44. The Hall–Kier alpha value is -2.10. The number of nitrogens with zero attached hydrogens (tertiary/aromatic N) is 3. The second-order valence-corrected chi connectivity index (χ2v) is 3.96. The van der Waals surface area contributed by atoms with Gasteiger partial charge in [-0.2, -0.15) is 0 Å². The third kappa shape index (κ3) is 2.53. The minimum Gasteiger partial charge on any atom is -0.324 e. The lowest BCUT2D eigenvalue weighted by atomic mass is 10.2. The van der Waals surface area contributed by atoms with Gasteiger partial charge in [0, 0.05) is 18.9 Å². The van der Waals surface area contributed by atoms with E-state index in [1.807, 2.05) is 36.8 Å². The largest absolute Gasteiger partial charge is 0.324 e. The molecule has 2 aromatic heterocycles. The average molecular weight is 228 g/mol. The van der Waals surface area contributed by atoms with Crippen LogP contribution in [-0.2, 0) is 6.54 Å². The number of hydrogen-bond acceptors (Lipinski definition) is 3. The lowest BCUT2D eigenvalue weighted by molar-refractivity contribution is 0.832. The zero-order valence-corrected chi connectivity index (χ0v) is 10.1. The molecule has 0 saturated heterocycles. The topological polar surface area (TPSA) is 42.7 Å². The summed E-state index contributed by atoms with van der Waals surface area (Å²) in [6.07, 6.45) is 7.43. The summed E-state index contributed by atoms with van der Waals surface area (Å²) < 4.78 is 2.02. The molecule has 0 amide bonds. The second kappa shape index (κ2) is 4.82. The molecule has 0 atom stereocenters. The van der Waals surface area contributed by atoms with Crippen molar-refractivity contribution in [2.75, 3.05) is 5.32 Å². The summed E-state index contributed by atoms with van der Waals surface area (Å²) in [6, 6.07) is 1.97. The summed E-state index contributed by atoms with van der Waals surface area (Å²) in [4.78, 5) is 8.55. The molecule has 0 aliphatic rings. The molecule has 0 aromatic carbocycles. The first kappa shape index (κ1) is 11.4. The van der Waals surface area contributed by atoms with Crippen molar-refractivity contribution in [3.8, 4) is 0 Å². The molecule has 0 spiro atoms. The Morgan fingerprint density at radius 2 is 2.29 bits per heavy atom. The van der Waals surface area contributed by atoms with Crippen molar-refractivity contribution in [1.29, 1.82) is 0 Å². The minimum absolute atomic E-state index is 0.739. The van der Waals surface area contributed by atoms with Crippen LogP contribution in [0, 0.1) is 13.8 Å². The highest BCUT2D eigenvalue weighted by Gasteiger charge is 2.06. The van der Waals surface area contributed by atoms with Crippen molar-refractivity contribution in [2.24, 2.45) is 0 Å². The molecule has 1 N–H and O–H groups in total. The molecule has 0 unspecified atom stereocenters. The molecular formula is C13H16N4. The molecule has 2 aromatic rings. The van der Waals surface area contributed by atoms with E-state index in [0.29, 0.717) is 0 Å². The first-order valence-electron chi connectivity index (χ1n) is 5.53. The Morgan fingerprint density at radius 3 is 3.00 bits per heavy atom. The molecule has 0 bridgehead atoms. The van der Waals surface area contributed by atoms with Gasteiger partial charge in [0.1, 0.15) is 0 Å². The standard InChI is InChI=1S/C13H16N4/c1-4-7-17-9-11(3)15-13(17)16-12-8-14-6-5-10(12)2/h4-6,8-9H,1,7H2,2-3H3,(H,15,16). The van der Waals surface area contributed by atoms with Crippen LogP contribution in [0.4, 0.5) is 11.6 Å². The first-order valence-corrected chi connectivity index (χ1v) is 5.53. The van der Waals surface area contributed by atoms with E-state index in [2.05, 4.69) is 21.9 Å². The normalized spacial score (nSPS) is 10.2. The monoisotopic (exact) mass is 228 g/mol. The highest BCUT2D eigenvalue weighted by Crippen LogP contribution is 2.18. The van der Waals surface area contributed by atoms with Crippen LogP contribution in [0.5, 0.6) is 0 Å². The van der Waals surface area contributed by atoms with Crippen LogP contribution in [0.1, 0.15) is 11.3 Å². The van der Waals surface area contributed by atoms with Gasteiger partial charge >= 0.3 is 0 Å². The van der Waals surface area contributed by atoms with Crippen LogP contribution >= 0.6 is 0 Å². The van der Waals surface area contributed by atoms with Gasteiger partial charge in [-0.3, -0.25) is 4.98 Å². The van der Waals surface area contributed by atoms with Gasteiger partial charge in [0.15, 0.2) is 0 Å². The van der Waals surface area contributed by atoms with Gasteiger partial charge in [-0.1, -0.05) is 6.08 Å². The number of hydrogen-bond donors (Lipinski definition) is 1. The summed E-state index contributed by atoms with van der Waals surface area (Å²) in [5.74, 6) is 0.818. The number of anilines is 2. The predicted octanol–water partition coefficient (Wildman–Crippen LogP) is 2.82. The van der Waals surface area contributed by atoms with Crippen LogP contribution < -0.4 is 5.32 Å². The Kier molecular flexibility index (Phi) is 3.23. The van der Waals surface area contributed by atoms with E-state index in [1.54, 1.807) is 12.4 Å². The number of aryl methyl sites for hydroxylation is 2. The van der Waals surface area contributed by atoms with E-state index in [0.717, 1.165) is 29.4 Å². The fourth-order valence-corrected chi connectivity index (χ4v) is 1.64. The van der Waals surface area contributed by atoms with Crippen molar-refractivity contribution in [2.45, 2.75) is 20.4 Å². The van der Waals surface area contributed by atoms with Crippen LogP contribution in [-0.4, -0.2) is 14.5 Å². The van der Waals surface area contributed by atoms with E-state index in [1.165, 1.54) is 0 Å². The third-order valence-corrected chi connectivity index (χ3v) is 2.51. The Bertz CT molecular complexity index is 528. The number of imidazole rings is 1. The molecule has 4 nitrogen and oxygen atoms in total. The van der Waals surface area contributed by atoms with Crippen LogP contribution in [0.3, 0.4) is 0 Å². The van der Waals surface area contributed by atoms with Crippen molar-refractivity contribution in [1.82, 2.24) is 14.5 Å². The highest BCUT2D eigenvalue weighted by atomic mass is 15.2. The van der Waals surface area contributed by atoms with Gasteiger partial charge in [-0.25, -0.2) is 4.98 Å². The molecule has 4 heteroatoms. The quantitative estimate of drug-likeness (QED) is 0.818. The Labute approximate surface area is 101 Å². The highest BCUT2D eigenvalue weighted by molar-refractivity contribution is 5.57. The van der Waals surface area contributed by atoms with Crippen molar-refractivity contribution in [3.05, 3.63) is 48.6 Å². The molecule has 0 aliphatic carbocycles. The number of nitrogens with one attached hydrogen (secondary N) is 1. The average Bonchev–Trinajstić information content (AvgIpc) is 2.63. The fourth-order valence-electron chi connectivity index (χ4n) is 1.64. The molecule has 0 radical (unpaired) electrons. The summed E-state index contributed by atoms with van der Waals surface area (Å²) in [7, 11) is 0. The van der Waals surface area contributed by atoms with E-state index in [-0.39, 0.29) is 0 Å². The summed E-state index contributed by atoms with van der Waals surface area (Å²) >= 11 is 0. The summed E-state index contributed by atoms with van der Waals surface area (Å²) in [6.45, 7) is 8.49. The Morgan fingerprint density at radius 1 is 1.47 bits per heavy atom. The number of rotatable bonds is 4. The SMILES string of the molecule is C=CCn1cc(C)nc1Nc1cnccc1C. The van der Waals surface area contributed by atoms with Crippen molar-refractivity contribution >= 4 is 11.6 Å². The molecule has 0 aliphatic heterocycles. The predicted molar refractivity (Wildman–Crippen MR) is 69.4 cm³/mol. The van der Waals surface area contributed by atoms with Crippen LogP contribution in [0.25, 0.3) is 0 Å². The zero-order chi connectivity index (χ0) is 12.3. The van der Waals surface area contributed by atoms with Gasteiger partial charge in [0.25, 0.3) is 0 Å². The van der Waals surface area contributed by atoms with Gasteiger partial charge in [0.05, 0.1) is 17.6 Å². The molecule has 17 heavy (non-hydrogen) atoms. The molecule has 2 heterocycles. The van der Waals surface area contributed by atoms with Gasteiger partial charge in [-0.05, 0) is 25.5 Å². The lowest BCUT2D eigenvalue weighted by Gasteiger charge is -2.09. The maximum Gasteiger partial charge on any atom is 0.207 e. The van der Waals surface area contributed by atoms with E-state index < -0.39 is 0 Å². The molecular weight excluding hydrogens is 212 g/mol. The molecule has 0 fully saturated rings. The number of allylic oxidation sites excluding steroid dienone is 1. The number of pyridine rings is 1. The minimum atomic E-state index is 0.739. The van der Waals surface area contributed by atoms with E-state index in [4.69, 9.17) is 0 Å². The Balaban J connectivity index is 2.29. The van der Waals surface area contributed by atoms with Crippen LogP contribution in [0.2, 0.25) is 0 Å². The summed E-state index contributed by atoms with van der Waals surface area (Å²) in [5.41, 5.74) is 3.10. The molecule has 2 rings (SSSR count). The van der Waals surface area contributed by atoms with Crippen LogP contribution in [0.15, 0.2) is 37.3 Å².